The molecule has 0 unspecified atom stereocenters. The fraction of sp³-hybridized carbons (Fsp3) is 0.700. The van der Waals surface area contributed by atoms with Crippen LogP contribution < -0.4 is 10.6 Å². The molecule has 0 radical (unpaired) electrons. The van der Waals surface area contributed by atoms with Gasteiger partial charge in [-0.2, -0.15) is 0 Å². The van der Waals surface area contributed by atoms with Crippen molar-refractivity contribution in [2.45, 2.75) is 18.9 Å². The fourth-order valence-corrected chi connectivity index (χ4v) is 2.11. The van der Waals surface area contributed by atoms with E-state index in [4.69, 9.17) is 5.73 Å². The molecule has 15 heavy (non-hydrogen) atoms. The quantitative estimate of drug-likeness (QED) is 0.745. The van der Waals surface area contributed by atoms with Crippen LogP contribution in [0.25, 0.3) is 0 Å². The van der Waals surface area contributed by atoms with Crippen LogP contribution in [0.1, 0.15) is 12.8 Å². The predicted molar refractivity (Wildman–Crippen MR) is 61.9 cm³/mol. The van der Waals surface area contributed by atoms with Gasteiger partial charge >= 0.3 is 0 Å². The molecule has 5 nitrogen and oxygen atoms in total. The van der Waals surface area contributed by atoms with E-state index in [9.17, 15) is 0 Å². The number of piperidine rings is 1. The monoisotopic (exact) mass is 209 g/mol. The summed E-state index contributed by atoms with van der Waals surface area (Å²) in [7, 11) is 4.29. The highest BCUT2D eigenvalue weighted by atomic mass is 15.2. The van der Waals surface area contributed by atoms with E-state index in [1.807, 2.05) is 6.20 Å². The zero-order valence-corrected chi connectivity index (χ0v) is 9.40. The minimum atomic E-state index is 0.500. The molecule has 1 aliphatic rings. The third kappa shape index (κ3) is 2.23. The molecule has 2 heterocycles. The van der Waals surface area contributed by atoms with Gasteiger partial charge in [-0.25, -0.2) is 4.98 Å². The highest BCUT2D eigenvalue weighted by Gasteiger charge is 2.21. The molecule has 1 fully saturated rings. The van der Waals surface area contributed by atoms with Crippen LogP contribution in [-0.2, 0) is 0 Å². The van der Waals surface area contributed by atoms with E-state index in [-0.39, 0.29) is 0 Å². The molecule has 1 aliphatic heterocycles. The summed E-state index contributed by atoms with van der Waals surface area (Å²) in [4.78, 5) is 11.7. The number of nitrogens with two attached hydrogens (primary N) is 1. The Morgan fingerprint density at radius 1 is 1.47 bits per heavy atom. The number of nitrogen functional groups attached to an aromatic ring is 1. The number of aromatic amines is 1. The van der Waals surface area contributed by atoms with Crippen LogP contribution in [0.2, 0.25) is 0 Å². The van der Waals surface area contributed by atoms with Crippen molar-refractivity contribution >= 4 is 11.8 Å². The lowest BCUT2D eigenvalue weighted by molar-refractivity contribution is 0.249. The van der Waals surface area contributed by atoms with Crippen molar-refractivity contribution in [2.75, 3.05) is 37.8 Å². The second kappa shape index (κ2) is 4.10. The lowest BCUT2D eigenvalue weighted by Crippen LogP contribution is -2.42. The number of nitrogens with one attached hydrogen (secondary N) is 1. The molecule has 1 saturated heterocycles. The zero-order valence-electron chi connectivity index (χ0n) is 9.40. The second-order valence-corrected chi connectivity index (χ2v) is 4.34. The summed E-state index contributed by atoms with van der Waals surface area (Å²) in [5.41, 5.74) is 5.56. The van der Waals surface area contributed by atoms with Crippen LogP contribution in [-0.4, -0.2) is 48.1 Å². The number of nitrogens with zero attached hydrogens (tertiary/aromatic N) is 3. The molecular weight excluding hydrogens is 190 g/mol. The first kappa shape index (κ1) is 10.3. The fourth-order valence-electron chi connectivity index (χ4n) is 2.11. The van der Waals surface area contributed by atoms with E-state index in [1.54, 1.807) is 0 Å². The molecule has 5 heteroatoms. The average Bonchev–Trinajstić information content (AvgIpc) is 2.65. The smallest absolute Gasteiger partial charge is 0.199 e. The zero-order chi connectivity index (χ0) is 10.8. The molecule has 0 bridgehead atoms. The maximum Gasteiger partial charge on any atom is 0.199 e. The molecule has 0 aliphatic carbocycles. The molecule has 0 amide bonds. The van der Waals surface area contributed by atoms with Gasteiger partial charge in [0, 0.05) is 19.1 Å². The van der Waals surface area contributed by atoms with Gasteiger partial charge in [-0.1, -0.05) is 0 Å². The van der Waals surface area contributed by atoms with Crippen molar-refractivity contribution in [1.29, 1.82) is 0 Å². The molecule has 84 valence electrons. The standard InChI is InChI=1S/C10H19N5/c1-14(2)8-3-5-15(6-4-8)9-7-12-10(11)13-9/h7-8H,3-6H2,1-2H3,(H3,11,12,13). The average molecular weight is 209 g/mol. The van der Waals surface area contributed by atoms with Gasteiger partial charge in [0.2, 0.25) is 0 Å². The minimum Gasteiger partial charge on any atom is -0.369 e. The Morgan fingerprint density at radius 2 is 2.13 bits per heavy atom. The summed E-state index contributed by atoms with van der Waals surface area (Å²) < 4.78 is 0. The SMILES string of the molecule is CN(C)C1CCN(c2cnc(N)[nH]2)CC1. The molecule has 1 aromatic rings. The lowest BCUT2D eigenvalue weighted by atomic mass is 10.0. The van der Waals surface area contributed by atoms with E-state index in [2.05, 4.69) is 33.9 Å². The van der Waals surface area contributed by atoms with Crippen LogP contribution >= 0.6 is 0 Å². The first-order chi connectivity index (χ1) is 7.16. The highest BCUT2D eigenvalue weighted by molar-refractivity contribution is 5.41. The van der Waals surface area contributed by atoms with Gasteiger partial charge in [-0.15, -0.1) is 0 Å². The molecule has 0 spiro atoms. The van der Waals surface area contributed by atoms with E-state index < -0.39 is 0 Å². The van der Waals surface area contributed by atoms with Gasteiger partial charge < -0.3 is 20.5 Å². The van der Waals surface area contributed by atoms with Crippen LogP contribution in [0.3, 0.4) is 0 Å². The first-order valence-corrected chi connectivity index (χ1v) is 5.38. The summed E-state index contributed by atoms with van der Waals surface area (Å²) in [6, 6.07) is 0.710. The van der Waals surface area contributed by atoms with Crippen LogP contribution in [0.15, 0.2) is 6.20 Å². The minimum absolute atomic E-state index is 0.500. The van der Waals surface area contributed by atoms with Crippen LogP contribution in [0.4, 0.5) is 11.8 Å². The Hall–Kier alpha value is -1.23. The molecule has 2 rings (SSSR count). The Balaban J connectivity index is 1.93. The number of imidazole rings is 1. The van der Waals surface area contributed by atoms with Crippen molar-refractivity contribution in [3.05, 3.63) is 6.20 Å². The van der Waals surface area contributed by atoms with E-state index in [0.717, 1.165) is 18.9 Å². The van der Waals surface area contributed by atoms with E-state index >= 15 is 0 Å². The molecule has 0 aromatic carbocycles. The molecule has 0 saturated carbocycles. The predicted octanol–water partition coefficient (Wildman–Crippen LogP) is 0.522. The van der Waals surface area contributed by atoms with Gasteiger partial charge in [0.25, 0.3) is 0 Å². The number of hydrogen-bond donors (Lipinski definition) is 2. The summed E-state index contributed by atoms with van der Waals surface area (Å²) in [5.74, 6) is 1.55. The molecule has 3 N–H and O–H groups in total. The molecule has 1 aromatic heterocycles. The van der Waals surface area contributed by atoms with Crippen molar-refractivity contribution < 1.29 is 0 Å². The molecular formula is C10H19N5. The Bertz CT molecular complexity index is 311. The highest BCUT2D eigenvalue weighted by Crippen LogP contribution is 2.20. The van der Waals surface area contributed by atoms with Crippen LogP contribution in [0.5, 0.6) is 0 Å². The van der Waals surface area contributed by atoms with Gasteiger partial charge in [0.05, 0.1) is 6.20 Å². The topological polar surface area (TPSA) is 61.2 Å². The maximum absolute atomic E-state index is 5.56. The van der Waals surface area contributed by atoms with Gasteiger partial charge in [0.15, 0.2) is 5.95 Å². The van der Waals surface area contributed by atoms with Crippen molar-refractivity contribution in [1.82, 2.24) is 14.9 Å². The van der Waals surface area contributed by atoms with Crippen molar-refractivity contribution in [2.24, 2.45) is 0 Å². The van der Waals surface area contributed by atoms with Crippen molar-refractivity contribution in [3.8, 4) is 0 Å². The Morgan fingerprint density at radius 3 is 2.60 bits per heavy atom. The first-order valence-electron chi connectivity index (χ1n) is 5.38. The second-order valence-electron chi connectivity index (χ2n) is 4.34. The Kier molecular flexibility index (Phi) is 2.81. The Labute approximate surface area is 90.3 Å². The largest absolute Gasteiger partial charge is 0.369 e. The van der Waals surface area contributed by atoms with E-state index in [1.165, 1.54) is 12.8 Å². The number of H-pyrrole nitrogens is 1. The molecule has 0 atom stereocenters. The summed E-state index contributed by atoms with van der Waals surface area (Å²) in [6.45, 7) is 2.15. The third-order valence-corrected chi connectivity index (χ3v) is 3.12. The summed E-state index contributed by atoms with van der Waals surface area (Å²) >= 11 is 0. The number of hydrogen-bond acceptors (Lipinski definition) is 4. The van der Waals surface area contributed by atoms with Gasteiger partial charge in [0.1, 0.15) is 5.82 Å². The van der Waals surface area contributed by atoms with Gasteiger partial charge in [-0.05, 0) is 26.9 Å². The van der Waals surface area contributed by atoms with Gasteiger partial charge in [-0.3, -0.25) is 0 Å². The summed E-state index contributed by atoms with van der Waals surface area (Å²) in [5, 5.41) is 0. The van der Waals surface area contributed by atoms with Crippen LogP contribution in [0, 0.1) is 0 Å². The van der Waals surface area contributed by atoms with Crippen molar-refractivity contribution in [3.63, 3.8) is 0 Å². The third-order valence-electron chi connectivity index (χ3n) is 3.12. The number of rotatable bonds is 2. The number of anilines is 2. The van der Waals surface area contributed by atoms with E-state index in [0.29, 0.717) is 12.0 Å². The summed E-state index contributed by atoms with van der Waals surface area (Å²) in [6.07, 6.45) is 4.21. The maximum atomic E-state index is 5.56. The lowest BCUT2D eigenvalue weighted by Gasteiger charge is -2.35. The normalized spacial score (nSPS) is 18.7. The number of aromatic nitrogens is 2.